The number of hydrogen-bond donors (Lipinski definition) is 3. The number of hydrazine groups is 1. The van der Waals surface area contributed by atoms with Crippen molar-refractivity contribution in [3.8, 4) is 11.5 Å². The van der Waals surface area contributed by atoms with E-state index in [0.29, 0.717) is 21.9 Å². The number of benzene rings is 1. The van der Waals surface area contributed by atoms with E-state index in [2.05, 4.69) is 16.2 Å². The molecule has 3 N–H and O–H groups in total. The minimum absolute atomic E-state index is 0.209. The summed E-state index contributed by atoms with van der Waals surface area (Å²) in [4.78, 5) is 39.6. The number of carbonyl (C=O) groups excluding carboxylic acids is 3. The van der Waals surface area contributed by atoms with Crippen LogP contribution in [0.15, 0.2) is 24.3 Å². The Morgan fingerprint density at radius 1 is 0.935 bits per heavy atom. The molecular weight excluding hydrogens is 418 g/mol. The number of thiophene rings is 1. The van der Waals surface area contributed by atoms with E-state index >= 15 is 0 Å². The molecule has 0 unspecified atom stereocenters. The summed E-state index contributed by atoms with van der Waals surface area (Å²) in [5.74, 6) is -0.601. The summed E-state index contributed by atoms with van der Waals surface area (Å²) >= 11 is 1.45. The molecule has 0 radical (unpaired) electrons. The van der Waals surface area contributed by atoms with Crippen LogP contribution >= 0.6 is 11.3 Å². The lowest BCUT2D eigenvalue weighted by molar-refractivity contribution is -0.124. The minimum atomic E-state index is -0.849. The largest absolute Gasteiger partial charge is 0.497 e. The molecule has 166 valence electrons. The lowest BCUT2D eigenvalue weighted by atomic mass is 10.0. The number of fused-ring (bicyclic) bond motifs is 1. The molecule has 8 nitrogen and oxygen atoms in total. The van der Waals surface area contributed by atoms with E-state index in [0.717, 1.165) is 19.3 Å². The molecule has 1 aliphatic rings. The molecule has 1 aromatic heterocycles. The van der Waals surface area contributed by atoms with Crippen molar-refractivity contribution in [1.82, 2.24) is 16.2 Å². The topological polar surface area (TPSA) is 106 Å². The minimum Gasteiger partial charge on any atom is -0.497 e. The molecule has 3 rings (SSSR count). The molecular formula is C22H27N3O5S. The molecule has 1 aromatic carbocycles. The number of hydrogen-bond acceptors (Lipinski definition) is 6. The van der Waals surface area contributed by atoms with Crippen molar-refractivity contribution in [2.24, 2.45) is 5.92 Å². The third-order valence-corrected chi connectivity index (χ3v) is 6.35. The molecule has 1 atom stereocenters. The average molecular weight is 446 g/mol. The molecule has 0 saturated heterocycles. The van der Waals surface area contributed by atoms with Gasteiger partial charge in [0.2, 0.25) is 0 Å². The van der Waals surface area contributed by atoms with Crippen molar-refractivity contribution in [3.63, 3.8) is 0 Å². The van der Waals surface area contributed by atoms with E-state index < -0.39 is 17.9 Å². The van der Waals surface area contributed by atoms with Gasteiger partial charge in [-0.2, -0.15) is 0 Å². The number of ether oxygens (including phenoxy) is 2. The number of carbonyl (C=O) groups is 3. The molecule has 0 saturated carbocycles. The van der Waals surface area contributed by atoms with Gasteiger partial charge < -0.3 is 14.8 Å². The van der Waals surface area contributed by atoms with Gasteiger partial charge in [0.25, 0.3) is 17.7 Å². The Kier molecular flexibility index (Phi) is 7.17. The first kappa shape index (κ1) is 22.6. The highest BCUT2D eigenvalue weighted by Gasteiger charge is 2.26. The Bertz CT molecular complexity index is 942. The summed E-state index contributed by atoms with van der Waals surface area (Å²) in [7, 11) is 2.98. The Morgan fingerprint density at radius 2 is 1.61 bits per heavy atom. The summed E-state index contributed by atoms with van der Waals surface area (Å²) in [5.41, 5.74) is 6.39. The van der Waals surface area contributed by atoms with Crippen LogP contribution in [-0.2, 0) is 17.6 Å². The Hall–Kier alpha value is -3.07. The molecule has 0 fully saturated rings. The first-order valence-corrected chi connectivity index (χ1v) is 10.9. The van der Waals surface area contributed by atoms with Crippen LogP contribution in [0.1, 0.15) is 50.7 Å². The Morgan fingerprint density at radius 3 is 2.19 bits per heavy atom. The Labute approximate surface area is 185 Å². The predicted octanol–water partition coefficient (Wildman–Crippen LogP) is 2.47. The van der Waals surface area contributed by atoms with E-state index in [9.17, 15) is 14.4 Å². The zero-order valence-corrected chi connectivity index (χ0v) is 18.9. The normalized spacial score (nSPS) is 13.3. The molecule has 3 amide bonds. The van der Waals surface area contributed by atoms with Crippen LogP contribution in [0.3, 0.4) is 0 Å². The van der Waals surface area contributed by atoms with Crippen molar-refractivity contribution in [2.45, 2.75) is 39.2 Å². The molecule has 0 spiro atoms. The highest BCUT2D eigenvalue weighted by molar-refractivity contribution is 7.14. The van der Waals surface area contributed by atoms with Gasteiger partial charge in [-0.1, -0.05) is 13.8 Å². The summed E-state index contributed by atoms with van der Waals surface area (Å²) in [6.07, 6.45) is 3.10. The second kappa shape index (κ2) is 9.82. The van der Waals surface area contributed by atoms with Gasteiger partial charge in [0.15, 0.2) is 0 Å². The van der Waals surface area contributed by atoms with E-state index in [4.69, 9.17) is 9.47 Å². The van der Waals surface area contributed by atoms with Gasteiger partial charge in [-0.05, 0) is 48.9 Å². The fourth-order valence-corrected chi connectivity index (χ4v) is 4.55. The van der Waals surface area contributed by atoms with Crippen LogP contribution < -0.4 is 25.6 Å². The number of nitrogens with one attached hydrogen (secondary N) is 3. The van der Waals surface area contributed by atoms with Crippen molar-refractivity contribution in [2.75, 3.05) is 14.2 Å². The third-order valence-electron chi connectivity index (χ3n) is 5.12. The van der Waals surface area contributed by atoms with Gasteiger partial charge >= 0.3 is 0 Å². The van der Waals surface area contributed by atoms with E-state index in [1.807, 2.05) is 19.9 Å². The second-order valence-electron chi connectivity index (χ2n) is 7.65. The molecule has 1 heterocycles. The number of aryl methyl sites for hydroxylation is 2. The molecule has 2 aromatic rings. The van der Waals surface area contributed by atoms with E-state index in [1.54, 1.807) is 18.2 Å². The lowest BCUT2D eigenvalue weighted by Crippen LogP contribution is -2.54. The van der Waals surface area contributed by atoms with Crippen molar-refractivity contribution >= 4 is 29.1 Å². The molecule has 31 heavy (non-hydrogen) atoms. The van der Waals surface area contributed by atoms with Crippen LogP contribution in [0, 0.1) is 5.92 Å². The number of rotatable bonds is 7. The van der Waals surface area contributed by atoms with Crippen LogP contribution in [0.2, 0.25) is 0 Å². The van der Waals surface area contributed by atoms with Gasteiger partial charge in [0.05, 0.1) is 19.1 Å². The fraction of sp³-hybridized carbons (Fsp3) is 0.409. The van der Waals surface area contributed by atoms with Gasteiger partial charge in [0.1, 0.15) is 17.5 Å². The van der Waals surface area contributed by atoms with Crippen molar-refractivity contribution in [1.29, 1.82) is 0 Å². The highest BCUT2D eigenvalue weighted by atomic mass is 32.1. The lowest BCUT2D eigenvalue weighted by Gasteiger charge is -2.22. The maximum absolute atomic E-state index is 12.8. The number of amides is 3. The summed E-state index contributed by atoms with van der Waals surface area (Å²) in [6.45, 7) is 3.62. The maximum atomic E-state index is 12.8. The first-order chi connectivity index (χ1) is 14.8. The summed E-state index contributed by atoms with van der Waals surface area (Å²) < 4.78 is 10.4. The van der Waals surface area contributed by atoms with Crippen molar-refractivity contribution in [3.05, 3.63) is 45.1 Å². The third kappa shape index (κ3) is 5.35. The zero-order valence-electron chi connectivity index (χ0n) is 18.0. The van der Waals surface area contributed by atoms with E-state index in [1.165, 1.54) is 36.0 Å². The van der Waals surface area contributed by atoms with Crippen LogP contribution in [0.5, 0.6) is 11.5 Å². The van der Waals surface area contributed by atoms with Gasteiger partial charge in [-0.15, -0.1) is 11.3 Å². The van der Waals surface area contributed by atoms with Crippen LogP contribution in [-0.4, -0.2) is 38.0 Å². The molecule has 9 heteroatoms. The Balaban J connectivity index is 1.63. The van der Waals surface area contributed by atoms with Gasteiger partial charge in [0, 0.05) is 16.5 Å². The quantitative estimate of drug-likeness (QED) is 0.568. The van der Waals surface area contributed by atoms with Gasteiger partial charge in [-0.25, -0.2) is 0 Å². The standard InChI is InChI=1S/C22H27N3O5S/c1-12(2)19(23-20(26)14-8-15(29-3)11-16(9-14)30-4)22(28)25-24-21(27)18-10-13-6-5-7-17(13)31-18/h8-12,19H,5-7H2,1-4H3,(H,23,26)(H,24,27)(H,25,28)/t19-/m0/s1. The average Bonchev–Trinajstić information content (AvgIpc) is 3.37. The maximum Gasteiger partial charge on any atom is 0.279 e. The highest BCUT2D eigenvalue weighted by Crippen LogP contribution is 2.30. The van der Waals surface area contributed by atoms with E-state index in [-0.39, 0.29) is 11.8 Å². The summed E-state index contributed by atoms with van der Waals surface area (Å²) in [5, 5.41) is 2.72. The fourth-order valence-electron chi connectivity index (χ4n) is 3.40. The first-order valence-electron chi connectivity index (χ1n) is 10.1. The predicted molar refractivity (Wildman–Crippen MR) is 118 cm³/mol. The molecule has 1 aliphatic carbocycles. The smallest absolute Gasteiger partial charge is 0.279 e. The van der Waals surface area contributed by atoms with Crippen molar-refractivity contribution < 1.29 is 23.9 Å². The summed E-state index contributed by atoms with van der Waals surface area (Å²) in [6, 6.07) is 5.81. The van der Waals surface area contributed by atoms with Gasteiger partial charge in [-0.3, -0.25) is 25.2 Å². The van der Waals surface area contributed by atoms with Crippen LogP contribution in [0.25, 0.3) is 0 Å². The zero-order chi connectivity index (χ0) is 22.5. The molecule has 0 aliphatic heterocycles. The van der Waals surface area contributed by atoms with Crippen LogP contribution in [0.4, 0.5) is 0 Å². The SMILES string of the molecule is COc1cc(OC)cc(C(=O)N[C@H](C(=O)NNC(=O)c2cc3c(s2)CCC3)C(C)C)c1. The second-order valence-corrected chi connectivity index (χ2v) is 8.79. The number of methoxy groups -OCH3 is 2. The molecule has 0 bridgehead atoms. The monoisotopic (exact) mass is 445 g/mol.